The Kier molecular flexibility index (Phi) is 3.73. The lowest BCUT2D eigenvalue weighted by atomic mass is 9.83. The van der Waals surface area contributed by atoms with Gasteiger partial charge in [0.25, 0.3) is 0 Å². The summed E-state index contributed by atoms with van der Waals surface area (Å²) in [5.41, 5.74) is 10.5. The lowest BCUT2D eigenvalue weighted by Crippen LogP contribution is -2.51. The number of hydrogen-bond acceptors (Lipinski definition) is 2. The molecular formula is C9H18N4O. The number of amides is 2. The molecule has 0 aromatic carbocycles. The van der Waals surface area contributed by atoms with Crippen LogP contribution in [0.3, 0.4) is 0 Å². The van der Waals surface area contributed by atoms with Crippen molar-refractivity contribution in [3.63, 3.8) is 0 Å². The highest BCUT2D eigenvalue weighted by Crippen LogP contribution is 2.26. The molecule has 5 heteroatoms. The number of carbonyl (C=O) groups excluding carboxylic acids is 1. The Bertz CT molecular complexity index is 223. The molecule has 1 rings (SSSR count). The first-order valence-electron chi connectivity index (χ1n) is 5.01. The number of urea groups is 1. The second kappa shape index (κ2) is 4.83. The van der Waals surface area contributed by atoms with Crippen LogP contribution in [-0.4, -0.2) is 17.9 Å². The van der Waals surface area contributed by atoms with Crippen LogP contribution in [0, 0.1) is 11.3 Å². The fourth-order valence-electron chi connectivity index (χ4n) is 2.07. The van der Waals surface area contributed by atoms with Crippen molar-refractivity contribution in [3.05, 3.63) is 0 Å². The van der Waals surface area contributed by atoms with Gasteiger partial charge < -0.3 is 16.8 Å². The number of hydrogen-bond donors (Lipinski definition) is 4. The lowest BCUT2D eigenvalue weighted by molar-refractivity contribution is 0.239. The van der Waals surface area contributed by atoms with Gasteiger partial charge in [-0.1, -0.05) is 19.3 Å². The van der Waals surface area contributed by atoms with Crippen molar-refractivity contribution in [1.29, 1.82) is 5.41 Å². The zero-order chi connectivity index (χ0) is 10.6. The first-order chi connectivity index (χ1) is 6.61. The predicted molar refractivity (Wildman–Crippen MR) is 55.0 cm³/mol. The van der Waals surface area contributed by atoms with E-state index in [0.29, 0.717) is 0 Å². The average Bonchev–Trinajstić information content (AvgIpc) is 2.15. The molecular weight excluding hydrogens is 180 g/mol. The number of nitrogens with two attached hydrogens (primary N) is 2. The van der Waals surface area contributed by atoms with Crippen molar-refractivity contribution in [3.8, 4) is 0 Å². The number of rotatable bonds is 3. The Balaban J connectivity index is 2.56. The first-order valence-corrected chi connectivity index (χ1v) is 5.01. The quantitative estimate of drug-likeness (QED) is 0.392. The Morgan fingerprint density at radius 3 is 2.29 bits per heavy atom. The van der Waals surface area contributed by atoms with Gasteiger partial charge in [0.15, 0.2) is 0 Å². The van der Waals surface area contributed by atoms with Gasteiger partial charge in [-0.15, -0.1) is 0 Å². The van der Waals surface area contributed by atoms with Gasteiger partial charge in [-0.05, 0) is 18.8 Å². The van der Waals surface area contributed by atoms with Crippen LogP contribution in [-0.2, 0) is 0 Å². The summed E-state index contributed by atoms with van der Waals surface area (Å²) in [4.78, 5) is 10.7. The monoisotopic (exact) mass is 198 g/mol. The van der Waals surface area contributed by atoms with E-state index in [4.69, 9.17) is 16.9 Å². The van der Waals surface area contributed by atoms with E-state index in [9.17, 15) is 4.79 Å². The zero-order valence-corrected chi connectivity index (χ0v) is 8.25. The van der Waals surface area contributed by atoms with Crippen molar-refractivity contribution in [2.45, 2.75) is 38.1 Å². The molecule has 0 aliphatic heterocycles. The molecule has 80 valence electrons. The smallest absolute Gasteiger partial charge is 0.312 e. The molecule has 1 fully saturated rings. The molecule has 1 unspecified atom stereocenters. The van der Waals surface area contributed by atoms with E-state index in [1.165, 1.54) is 6.42 Å². The fraction of sp³-hybridized carbons (Fsp3) is 0.778. The van der Waals surface area contributed by atoms with Crippen molar-refractivity contribution in [2.24, 2.45) is 17.4 Å². The van der Waals surface area contributed by atoms with Crippen molar-refractivity contribution >= 4 is 11.9 Å². The third-order valence-corrected chi connectivity index (χ3v) is 2.75. The molecule has 0 spiro atoms. The highest BCUT2D eigenvalue weighted by Gasteiger charge is 2.26. The lowest BCUT2D eigenvalue weighted by Gasteiger charge is -2.29. The third kappa shape index (κ3) is 2.90. The molecule has 2 amide bonds. The number of amidine groups is 1. The minimum atomic E-state index is -0.601. The Morgan fingerprint density at radius 2 is 1.86 bits per heavy atom. The topological polar surface area (TPSA) is 105 Å². The van der Waals surface area contributed by atoms with Crippen LogP contribution >= 0.6 is 0 Å². The van der Waals surface area contributed by atoms with Gasteiger partial charge in [0.05, 0.1) is 6.04 Å². The van der Waals surface area contributed by atoms with Gasteiger partial charge in [0, 0.05) is 0 Å². The molecule has 0 aromatic heterocycles. The number of carbonyl (C=O) groups is 1. The third-order valence-electron chi connectivity index (χ3n) is 2.75. The summed E-state index contributed by atoms with van der Waals surface area (Å²) >= 11 is 0. The van der Waals surface area contributed by atoms with Gasteiger partial charge in [-0.25, -0.2) is 4.79 Å². The molecule has 5 nitrogen and oxygen atoms in total. The maximum atomic E-state index is 10.7. The molecule has 1 atom stereocenters. The molecule has 0 bridgehead atoms. The summed E-state index contributed by atoms with van der Waals surface area (Å²) in [5, 5.41) is 9.93. The second-order valence-corrected chi connectivity index (χ2v) is 3.84. The summed E-state index contributed by atoms with van der Waals surface area (Å²) in [6.45, 7) is 0. The molecule has 1 aliphatic carbocycles. The van der Waals surface area contributed by atoms with Crippen molar-refractivity contribution in [2.75, 3.05) is 0 Å². The number of nitrogens with one attached hydrogen (secondary N) is 2. The fourth-order valence-corrected chi connectivity index (χ4v) is 2.07. The van der Waals surface area contributed by atoms with E-state index in [1.807, 2.05) is 0 Å². The van der Waals surface area contributed by atoms with Crippen molar-refractivity contribution < 1.29 is 4.79 Å². The van der Waals surface area contributed by atoms with Crippen LogP contribution in [0.5, 0.6) is 0 Å². The van der Waals surface area contributed by atoms with Crippen LogP contribution in [0.25, 0.3) is 0 Å². The summed E-state index contributed by atoms with van der Waals surface area (Å²) in [5.74, 6) is 0.296. The molecule has 0 saturated heterocycles. The summed E-state index contributed by atoms with van der Waals surface area (Å²) in [7, 11) is 0. The van der Waals surface area contributed by atoms with Crippen LogP contribution in [0.15, 0.2) is 0 Å². The Morgan fingerprint density at radius 1 is 1.29 bits per heavy atom. The van der Waals surface area contributed by atoms with Gasteiger partial charge in [-0.3, -0.25) is 5.41 Å². The maximum Gasteiger partial charge on any atom is 0.312 e. The van der Waals surface area contributed by atoms with Gasteiger partial charge in [-0.2, -0.15) is 0 Å². The minimum absolute atomic E-state index is 0.00991. The van der Waals surface area contributed by atoms with Crippen LogP contribution < -0.4 is 16.8 Å². The second-order valence-electron chi connectivity index (χ2n) is 3.84. The normalized spacial score (nSPS) is 20.0. The molecule has 0 aromatic rings. The van der Waals surface area contributed by atoms with E-state index in [2.05, 4.69) is 5.32 Å². The van der Waals surface area contributed by atoms with Crippen LogP contribution in [0.4, 0.5) is 4.79 Å². The van der Waals surface area contributed by atoms with Crippen LogP contribution in [0.1, 0.15) is 32.1 Å². The maximum absolute atomic E-state index is 10.7. The molecule has 1 aliphatic rings. The summed E-state index contributed by atoms with van der Waals surface area (Å²) < 4.78 is 0. The average molecular weight is 198 g/mol. The van der Waals surface area contributed by atoms with E-state index >= 15 is 0 Å². The first kappa shape index (κ1) is 10.8. The van der Waals surface area contributed by atoms with Gasteiger partial charge in [0.1, 0.15) is 5.84 Å². The highest BCUT2D eigenvalue weighted by molar-refractivity contribution is 5.87. The summed E-state index contributed by atoms with van der Waals surface area (Å²) in [6.07, 6.45) is 5.57. The summed E-state index contributed by atoms with van der Waals surface area (Å²) in [6, 6.07) is -0.969. The Hall–Kier alpha value is -1.26. The van der Waals surface area contributed by atoms with E-state index in [0.717, 1.165) is 25.7 Å². The van der Waals surface area contributed by atoms with E-state index in [-0.39, 0.29) is 17.8 Å². The largest absolute Gasteiger partial charge is 0.386 e. The molecule has 1 saturated carbocycles. The van der Waals surface area contributed by atoms with E-state index in [1.54, 1.807) is 0 Å². The van der Waals surface area contributed by atoms with E-state index < -0.39 is 6.03 Å². The van der Waals surface area contributed by atoms with Gasteiger partial charge >= 0.3 is 6.03 Å². The Labute approximate surface area is 83.7 Å². The number of primary amides is 1. The molecule has 0 radical (unpaired) electrons. The predicted octanol–water partition coefficient (Wildman–Crippen LogP) is 0.540. The van der Waals surface area contributed by atoms with Crippen LogP contribution in [0.2, 0.25) is 0 Å². The van der Waals surface area contributed by atoms with Gasteiger partial charge in [0.2, 0.25) is 0 Å². The highest BCUT2D eigenvalue weighted by atomic mass is 16.2. The zero-order valence-electron chi connectivity index (χ0n) is 8.25. The molecule has 0 heterocycles. The molecule has 14 heavy (non-hydrogen) atoms. The standard InChI is InChI=1S/C9H18N4O/c10-8(11)7(13-9(12)14)6-4-2-1-3-5-6/h6-7H,1-5H2,(H3,10,11)(H3,12,13,14). The van der Waals surface area contributed by atoms with Crippen molar-refractivity contribution in [1.82, 2.24) is 5.32 Å². The molecule has 6 N–H and O–H groups in total. The minimum Gasteiger partial charge on any atom is -0.386 e. The SMILES string of the molecule is N=C(N)C(NC(N)=O)C1CCCCC1.